The predicted molar refractivity (Wildman–Crippen MR) is 63.1 cm³/mol. The summed E-state index contributed by atoms with van der Waals surface area (Å²) < 4.78 is 0. The fraction of sp³-hybridized carbons (Fsp3) is 0.455. The molecule has 0 N–H and O–H groups in total. The highest BCUT2D eigenvalue weighted by Gasteiger charge is 2.20. The Kier molecular flexibility index (Phi) is 3.12. The smallest absolute Gasteiger partial charge is 0.140 e. The molecule has 0 aromatic carbocycles. The molecule has 0 radical (unpaired) electrons. The summed E-state index contributed by atoms with van der Waals surface area (Å²) in [6, 6.07) is 6.38. The third-order valence-electron chi connectivity index (χ3n) is 2.72. The van der Waals surface area contributed by atoms with E-state index in [0.717, 1.165) is 5.69 Å². The second kappa shape index (κ2) is 4.54. The lowest BCUT2D eigenvalue weighted by molar-refractivity contribution is 0.699. The predicted octanol–water partition coefficient (Wildman–Crippen LogP) is 1.89. The molecule has 1 aliphatic rings. The summed E-state index contributed by atoms with van der Waals surface area (Å²) in [7, 11) is 2.10. The van der Waals surface area contributed by atoms with Crippen LogP contribution in [-0.4, -0.2) is 29.6 Å². The molecule has 0 spiro atoms. The zero-order chi connectivity index (χ0) is 10.7. The van der Waals surface area contributed by atoms with Crippen LogP contribution in [0.1, 0.15) is 12.1 Å². The van der Waals surface area contributed by atoms with E-state index >= 15 is 0 Å². The van der Waals surface area contributed by atoms with Crippen molar-refractivity contribution < 1.29 is 0 Å². The number of hydrogen-bond donors (Lipinski definition) is 0. The van der Waals surface area contributed by atoms with E-state index in [0.29, 0.717) is 11.7 Å². The highest BCUT2D eigenvalue weighted by Crippen LogP contribution is 2.25. The monoisotopic (exact) mass is 219 g/mol. The number of hydrogen-bond acceptors (Lipinski definition) is 4. The molecule has 1 aromatic rings. The molecule has 2 rings (SSSR count). The summed E-state index contributed by atoms with van der Waals surface area (Å²) in [5.41, 5.74) is 1.58. The van der Waals surface area contributed by atoms with Gasteiger partial charge in [0, 0.05) is 18.8 Å². The number of anilines is 1. The molecular weight excluding hydrogens is 206 g/mol. The average molecular weight is 219 g/mol. The molecule has 0 bridgehead atoms. The van der Waals surface area contributed by atoms with Crippen molar-refractivity contribution >= 4 is 17.4 Å². The Morgan fingerprint density at radius 3 is 3.00 bits per heavy atom. The maximum absolute atomic E-state index is 8.65. The van der Waals surface area contributed by atoms with E-state index in [2.05, 4.69) is 16.9 Å². The lowest BCUT2D eigenvalue weighted by Gasteiger charge is -2.25. The van der Waals surface area contributed by atoms with Crippen molar-refractivity contribution in [3.8, 4) is 6.07 Å². The van der Waals surface area contributed by atoms with Gasteiger partial charge in [-0.25, -0.2) is 4.98 Å². The van der Waals surface area contributed by atoms with Crippen LogP contribution in [-0.2, 0) is 0 Å². The van der Waals surface area contributed by atoms with Crippen molar-refractivity contribution in [1.82, 2.24) is 4.98 Å². The van der Waals surface area contributed by atoms with Crippen LogP contribution in [0.5, 0.6) is 0 Å². The first kappa shape index (κ1) is 10.3. The van der Waals surface area contributed by atoms with Crippen molar-refractivity contribution in [2.45, 2.75) is 12.5 Å². The minimum Gasteiger partial charge on any atom is -0.370 e. The number of thioether (sulfide) groups is 1. The van der Waals surface area contributed by atoms with Crippen molar-refractivity contribution in [2.24, 2.45) is 0 Å². The van der Waals surface area contributed by atoms with E-state index in [1.165, 1.54) is 17.9 Å². The van der Waals surface area contributed by atoms with Gasteiger partial charge in [0.05, 0.1) is 11.9 Å². The zero-order valence-corrected chi connectivity index (χ0v) is 9.50. The van der Waals surface area contributed by atoms with E-state index < -0.39 is 0 Å². The van der Waals surface area contributed by atoms with Gasteiger partial charge in [0.15, 0.2) is 0 Å². The lowest BCUT2D eigenvalue weighted by Crippen LogP contribution is -2.31. The van der Waals surface area contributed by atoms with Gasteiger partial charge in [-0.3, -0.25) is 0 Å². The molecule has 1 aromatic heterocycles. The number of aromatic nitrogens is 1. The molecule has 0 amide bonds. The van der Waals surface area contributed by atoms with Gasteiger partial charge in [0.2, 0.25) is 0 Å². The van der Waals surface area contributed by atoms with Gasteiger partial charge in [-0.2, -0.15) is 17.0 Å². The normalized spacial score (nSPS) is 19.9. The summed E-state index contributed by atoms with van der Waals surface area (Å²) in [6.07, 6.45) is 3.02. The van der Waals surface area contributed by atoms with Crippen LogP contribution in [0.4, 0.5) is 5.69 Å². The Morgan fingerprint density at radius 1 is 1.60 bits per heavy atom. The summed E-state index contributed by atoms with van der Waals surface area (Å²) in [5, 5.41) is 8.65. The van der Waals surface area contributed by atoms with Gasteiger partial charge in [0.1, 0.15) is 11.8 Å². The van der Waals surface area contributed by atoms with Gasteiger partial charge < -0.3 is 4.90 Å². The molecule has 0 saturated carbocycles. The largest absolute Gasteiger partial charge is 0.370 e. The van der Waals surface area contributed by atoms with Crippen LogP contribution < -0.4 is 4.90 Å². The Bertz CT molecular complexity index is 362. The molecule has 15 heavy (non-hydrogen) atoms. The molecule has 2 heterocycles. The second-order valence-corrected chi connectivity index (χ2v) is 4.79. The minimum atomic E-state index is 0.480. The van der Waals surface area contributed by atoms with Crippen LogP contribution in [0.3, 0.4) is 0 Å². The Balaban J connectivity index is 2.11. The molecule has 1 saturated heterocycles. The van der Waals surface area contributed by atoms with Crippen LogP contribution in [0.2, 0.25) is 0 Å². The van der Waals surface area contributed by atoms with E-state index in [1.54, 1.807) is 12.3 Å². The quantitative estimate of drug-likeness (QED) is 0.761. The molecule has 4 heteroatoms. The fourth-order valence-electron chi connectivity index (χ4n) is 1.70. The maximum atomic E-state index is 8.65. The van der Waals surface area contributed by atoms with Gasteiger partial charge in [-0.15, -0.1) is 0 Å². The Labute approximate surface area is 94.1 Å². The van der Waals surface area contributed by atoms with Gasteiger partial charge in [-0.05, 0) is 24.3 Å². The van der Waals surface area contributed by atoms with Crippen molar-refractivity contribution in [3.05, 3.63) is 24.0 Å². The number of rotatable bonds is 2. The molecule has 1 fully saturated rings. The minimum absolute atomic E-state index is 0.480. The lowest BCUT2D eigenvalue weighted by atomic mass is 10.2. The summed E-state index contributed by atoms with van der Waals surface area (Å²) in [5.74, 6) is 2.44. The first-order valence-corrected chi connectivity index (χ1v) is 6.13. The number of nitrogens with zero attached hydrogens (tertiary/aromatic N) is 3. The molecule has 1 unspecified atom stereocenters. The average Bonchev–Trinajstić information content (AvgIpc) is 2.82. The van der Waals surface area contributed by atoms with E-state index in [9.17, 15) is 0 Å². The van der Waals surface area contributed by atoms with E-state index in [-0.39, 0.29) is 0 Å². The topological polar surface area (TPSA) is 39.9 Å². The highest BCUT2D eigenvalue weighted by molar-refractivity contribution is 7.99. The summed E-state index contributed by atoms with van der Waals surface area (Å²) in [6.45, 7) is 0. The van der Waals surface area contributed by atoms with Gasteiger partial charge >= 0.3 is 0 Å². The van der Waals surface area contributed by atoms with Crippen LogP contribution in [0.25, 0.3) is 0 Å². The number of pyridine rings is 1. The second-order valence-electron chi connectivity index (χ2n) is 3.64. The first-order chi connectivity index (χ1) is 7.31. The van der Waals surface area contributed by atoms with E-state index in [1.807, 2.05) is 23.9 Å². The molecular formula is C11H13N3S. The molecule has 0 aliphatic carbocycles. The van der Waals surface area contributed by atoms with Crippen molar-refractivity contribution in [1.29, 1.82) is 5.26 Å². The van der Waals surface area contributed by atoms with Crippen LogP contribution in [0.15, 0.2) is 18.3 Å². The fourth-order valence-corrected chi connectivity index (χ4v) is 2.97. The van der Waals surface area contributed by atoms with Gasteiger partial charge in [-0.1, -0.05) is 0 Å². The Hall–Kier alpha value is -1.21. The van der Waals surface area contributed by atoms with Crippen molar-refractivity contribution in [3.63, 3.8) is 0 Å². The third kappa shape index (κ3) is 2.24. The van der Waals surface area contributed by atoms with Crippen LogP contribution >= 0.6 is 11.8 Å². The highest BCUT2D eigenvalue weighted by atomic mass is 32.2. The first-order valence-electron chi connectivity index (χ1n) is 4.98. The Morgan fingerprint density at radius 2 is 2.47 bits per heavy atom. The molecule has 3 nitrogen and oxygen atoms in total. The van der Waals surface area contributed by atoms with Gasteiger partial charge in [0.25, 0.3) is 0 Å². The summed E-state index contributed by atoms with van der Waals surface area (Å²) in [4.78, 5) is 6.34. The molecule has 1 aliphatic heterocycles. The standard InChI is InChI=1S/C11H13N3S/c1-14(11-4-5-15-8-11)10-3-2-9(6-12)13-7-10/h2-3,7,11H,4-5,8H2,1H3. The number of nitriles is 1. The SMILES string of the molecule is CN(c1ccc(C#N)nc1)C1CCSC1. The molecule has 1 atom stereocenters. The zero-order valence-electron chi connectivity index (χ0n) is 8.68. The molecule has 78 valence electrons. The van der Waals surface area contributed by atoms with Crippen LogP contribution in [0, 0.1) is 11.3 Å². The maximum Gasteiger partial charge on any atom is 0.140 e. The van der Waals surface area contributed by atoms with Crippen molar-refractivity contribution in [2.75, 3.05) is 23.5 Å². The third-order valence-corrected chi connectivity index (χ3v) is 3.87. The van der Waals surface area contributed by atoms with E-state index in [4.69, 9.17) is 5.26 Å². The summed E-state index contributed by atoms with van der Waals surface area (Å²) >= 11 is 2.00.